The summed E-state index contributed by atoms with van der Waals surface area (Å²) in [5.41, 5.74) is 0.433. The standard InChI is InChI=1S/C16H26O/c1-4-6-13-16(17,14(3)10-5-2)15-11-8-7-9-12-15/h7-9,11-12,14,17H,4-6,10,13H2,1-3H3. The first kappa shape index (κ1) is 14.2. The van der Waals surface area contributed by atoms with Crippen LogP contribution in [0.5, 0.6) is 0 Å². The molecule has 0 heterocycles. The molecule has 1 heteroatoms. The molecule has 1 rings (SSSR count). The lowest BCUT2D eigenvalue weighted by atomic mass is 9.77. The summed E-state index contributed by atoms with van der Waals surface area (Å²) in [5, 5.41) is 11.0. The number of benzene rings is 1. The number of unbranched alkanes of at least 4 members (excludes halogenated alkanes) is 1. The number of rotatable bonds is 7. The molecule has 0 aliphatic rings. The molecule has 1 nitrogen and oxygen atoms in total. The van der Waals surface area contributed by atoms with Crippen LogP contribution in [0.1, 0.15) is 58.4 Å². The van der Waals surface area contributed by atoms with E-state index in [0.29, 0.717) is 5.92 Å². The first-order valence-corrected chi connectivity index (χ1v) is 6.93. The van der Waals surface area contributed by atoms with Crippen molar-refractivity contribution < 1.29 is 5.11 Å². The van der Waals surface area contributed by atoms with Crippen LogP contribution >= 0.6 is 0 Å². The van der Waals surface area contributed by atoms with Gasteiger partial charge in [-0.2, -0.15) is 0 Å². The summed E-state index contributed by atoms with van der Waals surface area (Å²) in [4.78, 5) is 0. The van der Waals surface area contributed by atoms with Gasteiger partial charge in [-0.05, 0) is 24.3 Å². The Morgan fingerprint density at radius 1 is 1.12 bits per heavy atom. The molecule has 0 saturated carbocycles. The van der Waals surface area contributed by atoms with Gasteiger partial charge in [0.1, 0.15) is 0 Å². The van der Waals surface area contributed by atoms with Crippen molar-refractivity contribution in [2.45, 2.75) is 58.5 Å². The lowest BCUT2D eigenvalue weighted by Crippen LogP contribution is -2.33. The predicted molar refractivity (Wildman–Crippen MR) is 73.9 cm³/mol. The van der Waals surface area contributed by atoms with Crippen LogP contribution in [0, 0.1) is 5.92 Å². The Hall–Kier alpha value is -0.820. The van der Waals surface area contributed by atoms with E-state index >= 15 is 0 Å². The topological polar surface area (TPSA) is 20.2 Å². The Bertz CT molecular complexity index is 307. The summed E-state index contributed by atoms with van der Waals surface area (Å²) in [7, 11) is 0. The Kier molecular flexibility index (Phi) is 5.70. The van der Waals surface area contributed by atoms with Gasteiger partial charge in [-0.25, -0.2) is 0 Å². The number of hydrogen-bond acceptors (Lipinski definition) is 1. The molecule has 2 atom stereocenters. The fourth-order valence-corrected chi connectivity index (χ4v) is 2.52. The minimum atomic E-state index is -0.646. The van der Waals surface area contributed by atoms with Gasteiger partial charge in [-0.1, -0.05) is 70.4 Å². The molecule has 17 heavy (non-hydrogen) atoms. The van der Waals surface area contributed by atoms with Crippen LogP contribution in [0.3, 0.4) is 0 Å². The summed E-state index contributed by atoms with van der Waals surface area (Å²) in [5.74, 6) is 0.321. The molecule has 0 amide bonds. The molecule has 0 aliphatic heterocycles. The molecule has 0 saturated heterocycles. The molecule has 96 valence electrons. The fraction of sp³-hybridized carbons (Fsp3) is 0.625. The van der Waals surface area contributed by atoms with E-state index in [4.69, 9.17) is 0 Å². The Labute approximate surface area is 106 Å². The highest BCUT2D eigenvalue weighted by atomic mass is 16.3. The Morgan fingerprint density at radius 3 is 2.29 bits per heavy atom. The summed E-state index contributed by atoms with van der Waals surface area (Å²) < 4.78 is 0. The van der Waals surface area contributed by atoms with E-state index in [1.807, 2.05) is 18.2 Å². The summed E-state index contributed by atoms with van der Waals surface area (Å²) >= 11 is 0. The van der Waals surface area contributed by atoms with Gasteiger partial charge in [-0.15, -0.1) is 0 Å². The van der Waals surface area contributed by atoms with Gasteiger partial charge in [-0.3, -0.25) is 0 Å². The SMILES string of the molecule is CCCCC(O)(c1ccccc1)C(C)CCC. The molecular weight excluding hydrogens is 208 g/mol. The number of aliphatic hydroxyl groups is 1. The Balaban J connectivity index is 2.92. The van der Waals surface area contributed by atoms with Gasteiger partial charge < -0.3 is 5.11 Å². The molecule has 1 aromatic carbocycles. The average Bonchev–Trinajstić information content (AvgIpc) is 2.37. The molecule has 2 unspecified atom stereocenters. The molecule has 0 radical (unpaired) electrons. The highest BCUT2D eigenvalue weighted by molar-refractivity contribution is 5.23. The van der Waals surface area contributed by atoms with Crippen LogP contribution in [0.4, 0.5) is 0 Å². The molecule has 1 aromatic rings. The predicted octanol–water partition coefficient (Wildman–Crippen LogP) is 4.50. The van der Waals surface area contributed by atoms with E-state index in [0.717, 1.165) is 37.7 Å². The average molecular weight is 234 g/mol. The molecule has 0 bridgehead atoms. The quantitative estimate of drug-likeness (QED) is 0.736. The van der Waals surface area contributed by atoms with Crippen molar-refractivity contribution in [1.29, 1.82) is 0 Å². The normalized spacial score (nSPS) is 16.5. The van der Waals surface area contributed by atoms with Gasteiger partial charge in [0.2, 0.25) is 0 Å². The van der Waals surface area contributed by atoms with E-state index in [1.54, 1.807) is 0 Å². The Morgan fingerprint density at radius 2 is 1.76 bits per heavy atom. The van der Waals surface area contributed by atoms with Crippen LogP contribution in [-0.2, 0) is 5.60 Å². The van der Waals surface area contributed by atoms with Crippen molar-refractivity contribution in [2.75, 3.05) is 0 Å². The summed E-state index contributed by atoms with van der Waals surface area (Å²) in [6, 6.07) is 10.2. The second-order valence-corrected chi connectivity index (χ2v) is 5.08. The maximum atomic E-state index is 11.0. The zero-order valence-electron chi connectivity index (χ0n) is 11.4. The first-order chi connectivity index (χ1) is 8.15. The van der Waals surface area contributed by atoms with Crippen molar-refractivity contribution in [3.63, 3.8) is 0 Å². The van der Waals surface area contributed by atoms with Crippen molar-refractivity contribution in [1.82, 2.24) is 0 Å². The van der Waals surface area contributed by atoms with E-state index in [-0.39, 0.29) is 0 Å². The van der Waals surface area contributed by atoms with Crippen LogP contribution in [0.2, 0.25) is 0 Å². The van der Waals surface area contributed by atoms with E-state index in [9.17, 15) is 5.11 Å². The van der Waals surface area contributed by atoms with Gasteiger partial charge >= 0.3 is 0 Å². The van der Waals surface area contributed by atoms with Crippen LogP contribution < -0.4 is 0 Å². The molecule has 1 N–H and O–H groups in total. The maximum absolute atomic E-state index is 11.0. The molecule has 0 spiro atoms. The number of hydrogen-bond donors (Lipinski definition) is 1. The lowest BCUT2D eigenvalue weighted by Gasteiger charge is -2.35. The van der Waals surface area contributed by atoms with E-state index in [1.165, 1.54) is 0 Å². The maximum Gasteiger partial charge on any atom is 0.0921 e. The molecule has 0 aromatic heterocycles. The van der Waals surface area contributed by atoms with Gasteiger partial charge in [0.15, 0.2) is 0 Å². The van der Waals surface area contributed by atoms with Gasteiger partial charge in [0.25, 0.3) is 0 Å². The third-order valence-electron chi connectivity index (χ3n) is 3.72. The van der Waals surface area contributed by atoms with Crippen LogP contribution in [0.25, 0.3) is 0 Å². The molecule has 0 aliphatic carbocycles. The monoisotopic (exact) mass is 234 g/mol. The first-order valence-electron chi connectivity index (χ1n) is 6.93. The summed E-state index contributed by atoms with van der Waals surface area (Å²) in [6.07, 6.45) is 5.29. The van der Waals surface area contributed by atoms with Gasteiger partial charge in [0, 0.05) is 0 Å². The largest absolute Gasteiger partial charge is 0.385 e. The molecular formula is C16H26O. The van der Waals surface area contributed by atoms with Crippen LogP contribution in [-0.4, -0.2) is 5.11 Å². The van der Waals surface area contributed by atoms with Crippen molar-refractivity contribution in [3.8, 4) is 0 Å². The summed E-state index contributed by atoms with van der Waals surface area (Å²) in [6.45, 7) is 6.53. The van der Waals surface area contributed by atoms with Crippen molar-refractivity contribution in [3.05, 3.63) is 35.9 Å². The highest BCUT2D eigenvalue weighted by Crippen LogP contribution is 2.36. The minimum Gasteiger partial charge on any atom is -0.385 e. The second kappa shape index (κ2) is 6.80. The second-order valence-electron chi connectivity index (χ2n) is 5.08. The molecule has 0 fully saturated rings. The minimum absolute atomic E-state index is 0.321. The van der Waals surface area contributed by atoms with Crippen LogP contribution in [0.15, 0.2) is 30.3 Å². The zero-order chi connectivity index (χ0) is 12.7. The third kappa shape index (κ3) is 3.57. The van der Waals surface area contributed by atoms with E-state index in [2.05, 4.69) is 32.9 Å². The van der Waals surface area contributed by atoms with Crippen molar-refractivity contribution >= 4 is 0 Å². The van der Waals surface area contributed by atoms with E-state index < -0.39 is 5.60 Å². The third-order valence-corrected chi connectivity index (χ3v) is 3.72. The zero-order valence-corrected chi connectivity index (χ0v) is 11.4. The van der Waals surface area contributed by atoms with Gasteiger partial charge in [0.05, 0.1) is 5.60 Å². The lowest BCUT2D eigenvalue weighted by molar-refractivity contribution is -0.0305. The smallest absolute Gasteiger partial charge is 0.0921 e. The fourth-order valence-electron chi connectivity index (χ4n) is 2.52. The highest BCUT2D eigenvalue weighted by Gasteiger charge is 2.34. The van der Waals surface area contributed by atoms with Crippen molar-refractivity contribution in [2.24, 2.45) is 5.92 Å².